The first-order chi connectivity index (χ1) is 9.86. The fourth-order valence-electron chi connectivity index (χ4n) is 1.42. The van der Waals surface area contributed by atoms with E-state index in [2.05, 4.69) is 10.5 Å². The predicted molar refractivity (Wildman–Crippen MR) is 84.0 cm³/mol. The molecule has 5 nitrogen and oxygen atoms in total. The molecular weight excluding hydrogens is 315 g/mol. The topological polar surface area (TPSA) is 67.8 Å². The van der Waals surface area contributed by atoms with Gasteiger partial charge in [0.2, 0.25) is 0 Å². The second-order valence-corrected chi connectivity index (χ2v) is 5.13. The summed E-state index contributed by atoms with van der Waals surface area (Å²) in [6.07, 6.45) is 0. The number of halogens is 2. The summed E-state index contributed by atoms with van der Waals surface area (Å²) in [4.78, 5) is 23.3. The molecule has 1 rings (SSSR count). The Morgan fingerprint density at radius 1 is 1.38 bits per heavy atom. The van der Waals surface area contributed by atoms with Crippen LogP contribution in [0.3, 0.4) is 0 Å². The first kappa shape index (κ1) is 17.5. The number of hydrogen-bond donors (Lipinski definition) is 1. The third-order valence-corrected chi connectivity index (χ3v) is 3.28. The number of esters is 1. The zero-order valence-electron chi connectivity index (χ0n) is 11.9. The lowest BCUT2D eigenvalue weighted by Gasteiger charge is -2.12. The Morgan fingerprint density at radius 2 is 2.05 bits per heavy atom. The van der Waals surface area contributed by atoms with Gasteiger partial charge < -0.3 is 4.74 Å². The number of ether oxygens (including phenoxy) is 1. The Morgan fingerprint density at radius 3 is 2.57 bits per heavy atom. The van der Waals surface area contributed by atoms with Gasteiger partial charge in [0.1, 0.15) is 5.78 Å². The lowest BCUT2D eigenvalue weighted by atomic mass is 10.0. The number of ketones is 1. The van der Waals surface area contributed by atoms with E-state index in [1.807, 2.05) is 0 Å². The summed E-state index contributed by atoms with van der Waals surface area (Å²) < 4.78 is 4.90. The largest absolute Gasteiger partial charge is 0.461 e. The van der Waals surface area contributed by atoms with Crippen LogP contribution < -0.4 is 5.43 Å². The van der Waals surface area contributed by atoms with Crippen molar-refractivity contribution in [1.82, 2.24) is 0 Å². The number of anilines is 1. The van der Waals surface area contributed by atoms with Crippen molar-refractivity contribution in [3.63, 3.8) is 0 Å². The van der Waals surface area contributed by atoms with Crippen molar-refractivity contribution in [3.05, 3.63) is 28.2 Å². The average Bonchev–Trinajstić information content (AvgIpc) is 2.41. The summed E-state index contributed by atoms with van der Waals surface area (Å²) >= 11 is 11.8. The third kappa shape index (κ3) is 5.02. The van der Waals surface area contributed by atoms with Gasteiger partial charge in [-0.2, -0.15) is 5.10 Å². The van der Waals surface area contributed by atoms with Crippen LogP contribution >= 0.6 is 23.2 Å². The van der Waals surface area contributed by atoms with Crippen LogP contribution in [0, 0.1) is 5.92 Å². The van der Waals surface area contributed by atoms with Crippen molar-refractivity contribution in [2.75, 3.05) is 12.0 Å². The first-order valence-electron chi connectivity index (χ1n) is 6.33. The monoisotopic (exact) mass is 330 g/mol. The summed E-state index contributed by atoms with van der Waals surface area (Å²) in [6.45, 7) is 4.85. The first-order valence-corrected chi connectivity index (χ1v) is 7.08. The smallest absolute Gasteiger partial charge is 0.355 e. The minimum atomic E-state index is -0.678. The van der Waals surface area contributed by atoms with Gasteiger partial charge in [-0.15, -0.1) is 0 Å². The summed E-state index contributed by atoms with van der Waals surface area (Å²) in [6, 6.07) is 4.79. The number of nitrogens with one attached hydrogen (secondary N) is 1. The molecule has 0 aliphatic rings. The van der Waals surface area contributed by atoms with Gasteiger partial charge >= 0.3 is 5.97 Å². The van der Waals surface area contributed by atoms with Crippen LogP contribution in [0.15, 0.2) is 23.3 Å². The molecule has 1 unspecified atom stereocenters. The van der Waals surface area contributed by atoms with Crippen LogP contribution in [-0.2, 0) is 14.3 Å². The zero-order valence-corrected chi connectivity index (χ0v) is 13.5. The maximum absolute atomic E-state index is 11.9. The van der Waals surface area contributed by atoms with Crippen molar-refractivity contribution < 1.29 is 14.3 Å². The molecule has 7 heteroatoms. The van der Waals surface area contributed by atoms with E-state index >= 15 is 0 Å². The SMILES string of the molecule is CCOC(=O)/C(=N\Nc1ccc(Cl)cc1Cl)C(C)C(C)=O. The molecule has 0 bridgehead atoms. The Hall–Kier alpha value is -1.59. The molecule has 0 aliphatic carbocycles. The van der Waals surface area contributed by atoms with Crippen LogP contribution in [0.2, 0.25) is 10.0 Å². The molecule has 0 saturated carbocycles. The molecule has 21 heavy (non-hydrogen) atoms. The van der Waals surface area contributed by atoms with Gasteiger partial charge in [-0.1, -0.05) is 23.2 Å². The highest BCUT2D eigenvalue weighted by atomic mass is 35.5. The molecule has 0 fully saturated rings. The number of hydrogen-bond acceptors (Lipinski definition) is 5. The van der Waals surface area contributed by atoms with Gasteiger partial charge in [-0.05, 0) is 39.0 Å². The van der Waals surface area contributed by atoms with Gasteiger partial charge in [0, 0.05) is 5.02 Å². The van der Waals surface area contributed by atoms with E-state index in [-0.39, 0.29) is 18.1 Å². The van der Waals surface area contributed by atoms with E-state index in [0.29, 0.717) is 15.7 Å². The minimum absolute atomic E-state index is 0.00429. The number of carbonyl (C=O) groups is 2. The molecule has 1 N–H and O–H groups in total. The standard InChI is InChI=1S/C14H16Cl2N2O3/c1-4-21-14(20)13(8(2)9(3)19)18-17-12-6-5-10(15)7-11(12)16/h5-8,17H,4H2,1-3H3/b18-13-. The molecule has 0 amide bonds. The maximum atomic E-state index is 11.9. The van der Waals surface area contributed by atoms with Gasteiger partial charge in [0.15, 0.2) is 5.71 Å². The molecule has 0 heterocycles. The molecular formula is C14H16Cl2N2O3. The van der Waals surface area contributed by atoms with Crippen molar-refractivity contribution in [2.45, 2.75) is 20.8 Å². The fourth-order valence-corrected chi connectivity index (χ4v) is 1.87. The molecule has 1 aromatic rings. The molecule has 0 aromatic heterocycles. The number of carbonyl (C=O) groups excluding carboxylic acids is 2. The minimum Gasteiger partial charge on any atom is -0.461 e. The maximum Gasteiger partial charge on any atom is 0.355 e. The highest BCUT2D eigenvalue weighted by Crippen LogP contribution is 2.25. The average molecular weight is 331 g/mol. The van der Waals surface area contributed by atoms with Crippen molar-refractivity contribution in [1.29, 1.82) is 0 Å². The Labute approximate surface area is 133 Å². The number of rotatable bonds is 6. The Bertz CT molecular complexity index is 573. The van der Waals surface area contributed by atoms with Gasteiger partial charge in [-0.25, -0.2) is 4.79 Å². The summed E-state index contributed by atoms with van der Waals surface area (Å²) in [5.41, 5.74) is 3.13. The van der Waals surface area contributed by atoms with E-state index in [1.165, 1.54) is 6.92 Å². The summed E-state index contributed by atoms with van der Waals surface area (Å²) in [5, 5.41) is 4.80. The highest BCUT2D eigenvalue weighted by molar-refractivity contribution is 6.41. The second-order valence-electron chi connectivity index (χ2n) is 4.29. The molecule has 0 spiro atoms. The fraction of sp³-hybridized carbons (Fsp3) is 0.357. The van der Waals surface area contributed by atoms with E-state index in [9.17, 15) is 9.59 Å². The molecule has 0 saturated heterocycles. The lowest BCUT2D eigenvalue weighted by molar-refractivity contribution is -0.136. The van der Waals surface area contributed by atoms with Crippen LogP contribution in [-0.4, -0.2) is 24.1 Å². The number of nitrogens with zero attached hydrogens (tertiary/aromatic N) is 1. The number of hydrazone groups is 1. The van der Waals surface area contributed by atoms with Crippen LogP contribution in [0.5, 0.6) is 0 Å². The van der Waals surface area contributed by atoms with E-state index in [1.54, 1.807) is 32.0 Å². The molecule has 1 atom stereocenters. The molecule has 1 aromatic carbocycles. The second kappa shape index (κ2) is 8.00. The molecule has 0 aliphatic heterocycles. The summed E-state index contributed by atoms with van der Waals surface area (Å²) in [7, 11) is 0. The normalized spacial score (nSPS) is 12.7. The van der Waals surface area contributed by atoms with Gasteiger partial charge in [0.25, 0.3) is 0 Å². The highest BCUT2D eigenvalue weighted by Gasteiger charge is 2.24. The molecule has 0 radical (unpaired) electrons. The van der Waals surface area contributed by atoms with E-state index in [0.717, 1.165) is 0 Å². The van der Waals surface area contributed by atoms with Gasteiger partial charge in [0.05, 0.1) is 23.2 Å². The summed E-state index contributed by atoms with van der Waals surface area (Å²) in [5.74, 6) is -1.51. The Kier molecular flexibility index (Phi) is 6.65. The number of benzene rings is 1. The van der Waals surface area contributed by atoms with Crippen molar-refractivity contribution in [2.24, 2.45) is 11.0 Å². The van der Waals surface area contributed by atoms with E-state index < -0.39 is 11.9 Å². The van der Waals surface area contributed by atoms with Crippen LogP contribution in [0.25, 0.3) is 0 Å². The lowest BCUT2D eigenvalue weighted by Crippen LogP contribution is -2.29. The van der Waals surface area contributed by atoms with Crippen LogP contribution in [0.4, 0.5) is 5.69 Å². The van der Waals surface area contributed by atoms with E-state index in [4.69, 9.17) is 27.9 Å². The predicted octanol–water partition coefficient (Wildman–Crippen LogP) is 3.55. The number of Topliss-reactive ketones (excluding diaryl/α,β-unsaturated/α-hetero) is 1. The zero-order chi connectivity index (χ0) is 16.0. The Balaban J connectivity index is 3.02. The third-order valence-electron chi connectivity index (χ3n) is 2.73. The van der Waals surface area contributed by atoms with Crippen molar-refractivity contribution >= 4 is 46.4 Å². The van der Waals surface area contributed by atoms with Crippen LogP contribution in [0.1, 0.15) is 20.8 Å². The quantitative estimate of drug-likeness (QED) is 0.492. The van der Waals surface area contributed by atoms with Crippen molar-refractivity contribution in [3.8, 4) is 0 Å². The van der Waals surface area contributed by atoms with Gasteiger partial charge in [-0.3, -0.25) is 10.2 Å². The molecule has 114 valence electrons.